The number of nitrogens with two attached hydrogens (primary N) is 1. The van der Waals surface area contributed by atoms with Crippen molar-refractivity contribution in [2.75, 3.05) is 11.9 Å². The minimum absolute atomic E-state index is 0. The number of amidine groups is 1. The van der Waals surface area contributed by atoms with E-state index in [0.717, 1.165) is 40.1 Å². The first-order valence-corrected chi connectivity index (χ1v) is 12.8. The fourth-order valence-corrected chi connectivity index (χ4v) is 4.42. The van der Waals surface area contributed by atoms with Crippen molar-refractivity contribution < 1.29 is 14.4 Å². The van der Waals surface area contributed by atoms with Crippen LogP contribution < -0.4 is 11.1 Å². The molecule has 1 aliphatic carbocycles. The minimum atomic E-state index is -0.930. The molecule has 9 nitrogen and oxygen atoms in total. The number of imidazole rings is 1. The van der Waals surface area contributed by atoms with Gasteiger partial charge in [-0.25, -0.2) is 9.78 Å². The van der Waals surface area contributed by atoms with E-state index in [9.17, 15) is 4.79 Å². The Labute approximate surface area is 238 Å². The molecule has 0 aliphatic heterocycles. The Hall–Kier alpha value is -4.59. The lowest BCUT2D eigenvalue weighted by molar-refractivity contribution is -0.157. The highest BCUT2D eigenvalue weighted by Gasteiger charge is 2.33. The second-order valence-corrected chi connectivity index (χ2v) is 9.31. The van der Waals surface area contributed by atoms with Gasteiger partial charge in [0.2, 0.25) is 6.10 Å². The average Bonchev–Trinajstić information content (AvgIpc) is 3.66. The number of hydrogen-bond acceptors (Lipinski definition) is 7. The Kier molecular flexibility index (Phi) is 8.89. The highest BCUT2D eigenvalue weighted by Crippen LogP contribution is 2.45. The molecule has 3 aromatic carbocycles. The number of nitrogens with zero attached hydrogens (tertiary/aromatic N) is 3. The summed E-state index contributed by atoms with van der Waals surface area (Å²) in [7, 11) is 2.00. The van der Waals surface area contributed by atoms with E-state index in [1.54, 1.807) is 19.1 Å². The molecule has 1 fully saturated rings. The van der Waals surface area contributed by atoms with Crippen LogP contribution in [0, 0.1) is 5.41 Å². The highest BCUT2D eigenvalue weighted by atomic mass is 35.5. The van der Waals surface area contributed by atoms with Crippen LogP contribution in [0.1, 0.15) is 47.9 Å². The van der Waals surface area contributed by atoms with Crippen LogP contribution >= 0.6 is 12.4 Å². The normalized spacial score (nSPS) is 14.4. The lowest BCUT2D eigenvalue weighted by Gasteiger charge is -2.12. The molecular weight excluding hydrogens is 528 g/mol. The molecule has 0 saturated heterocycles. The van der Waals surface area contributed by atoms with E-state index >= 15 is 0 Å². The second-order valence-electron chi connectivity index (χ2n) is 9.31. The predicted octanol–water partition coefficient (Wildman–Crippen LogP) is 5.21. The molecule has 206 valence electrons. The molecule has 5 rings (SSSR count). The van der Waals surface area contributed by atoms with Gasteiger partial charge in [-0.05, 0) is 60.5 Å². The number of carbonyl (C=O) groups excluding carboxylic acids is 1. The molecule has 0 spiro atoms. The summed E-state index contributed by atoms with van der Waals surface area (Å²) in [6.45, 7) is 2.58. The number of nitrogens with one attached hydrogen (secondary N) is 2. The molecule has 40 heavy (non-hydrogen) atoms. The van der Waals surface area contributed by atoms with Crippen molar-refractivity contribution in [3.8, 4) is 0 Å². The number of hydrogen-bond donors (Lipinski definition) is 3. The maximum Gasteiger partial charge on any atom is 0.355 e. The smallest absolute Gasteiger partial charge is 0.355 e. The number of benzene rings is 3. The topological polar surface area (TPSA) is 128 Å². The van der Waals surface area contributed by atoms with Crippen LogP contribution in [0.5, 0.6) is 0 Å². The van der Waals surface area contributed by atoms with Crippen LogP contribution in [0.4, 0.5) is 5.69 Å². The highest BCUT2D eigenvalue weighted by molar-refractivity contribution is 5.95. The van der Waals surface area contributed by atoms with Crippen LogP contribution in [0.15, 0.2) is 83.5 Å². The third kappa shape index (κ3) is 6.34. The number of carbonyl (C=O) groups is 1. The van der Waals surface area contributed by atoms with Crippen molar-refractivity contribution in [1.82, 2.24) is 9.55 Å². The molecule has 0 radical (unpaired) electrons. The summed E-state index contributed by atoms with van der Waals surface area (Å²) >= 11 is 0. The summed E-state index contributed by atoms with van der Waals surface area (Å²) in [5.74, 6) is 3.64. The zero-order valence-corrected chi connectivity index (χ0v) is 23.1. The van der Waals surface area contributed by atoms with Crippen LogP contribution in [0.25, 0.3) is 11.0 Å². The zero-order chi connectivity index (χ0) is 27.4. The summed E-state index contributed by atoms with van der Waals surface area (Å²) < 4.78 is 7.22. The first kappa shape index (κ1) is 28.4. The van der Waals surface area contributed by atoms with E-state index in [1.165, 1.54) is 0 Å². The molecule has 2 unspecified atom stereocenters. The largest absolute Gasteiger partial charge is 0.463 e. The van der Waals surface area contributed by atoms with Gasteiger partial charge in [0.25, 0.3) is 0 Å². The molecular formula is C30H31ClN6O3. The van der Waals surface area contributed by atoms with E-state index in [2.05, 4.69) is 39.1 Å². The Morgan fingerprint density at radius 1 is 1.20 bits per heavy atom. The number of esters is 1. The summed E-state index contributed by atoms with van der Waals surface area (Å²) in [5.41, 5.74) is 12.0. The Bertz CT molecular complexity index is 1580. The molecule has 4 N–H and O–H groups in total. The number of fused-ring (bicyclic) bond motifs is 1. The summed E-state index contributed by atoms with van der Waals surface area (Å²) in [6.07, 6.45) is -0.105. The number of halogens is 1. The zero-order valence-electron chi connectivity index (χ0n) is 22.3. The number of rotatable bonds is 10. The van der Waals surface area contributed by atoms with E-state index < -0.39 is 12.1 Å². The quantitative estimate of drug-likeness (QED) is 0.106. The molecule has 1 saturated carbocycles. The molecule has 10 heteroatoms. The van der Waals surface area contributed by atoms with Gasteiger partial charge in [0, 0.05) is 41.2 Å². The van der Waals surface area contributed by atoms with Crippen LogP contribution in [0.3, 0.4) is 0 Å². The van der Waals surface area contributed by atoms with E-state index in [4.69, 9.17) is 25.7 Å². The summed E-state index contributed by atoms with van der Waals surface area (Å²) in [4.78, 5) is 22.7. The standard InChI is InChI=1S/C30H30N6O3.ClH/c1-3-38-30(37)28(19-7-5-4-6-8-19)39-34-17-22-15-24(22)21-11-14-26-25(16-21)35-27(36(26)2)18-33-23-12-9-20(10-13-23)29(31)32;/h4-14,16,24,28,33H,3,15,18H2,1-2H3,(H3,31,32);1H. The van der Waals surface area contributed by atoms with Gasteiger partial charge in [-0.2, -0.15) is 0 Å². The number of aromatic nitrogens is 2. The van der Waals surface area contributed by atoms with Gasteiger partial charge in [-0.3, -0.25) is 5.41 Å². The van der Waals surface area contributed by atoms with Crippen molar-refractivity contribution in [2.24, 2.45) is 17.9 Å². The van der Waals surface area contributed by atoms with Crippen molar-refractivity contribution >= 4 is 46.8 Å². The number of allylic oxidation sites excluding steroid dienone is 1. The van der Waals surface area contributed by atoms with Gasteiger partial charge >= 0.3 is 5.97 Å². The average molecular weight is 559 g/mol. The van der Waals surface area contributed by atoms with Gasteiger partial charge in [0.1, 0.15) is 11.7 Å². The second kappa shape index (κ2) is 12.5. The van der Waals surface area contributed by atoms with Crippen LogP contribution in [0.2, 0.25) is 0 Å². The van der Waals surface area contributed by atoms with Gasteiger partial charge < -0.3 is 25.2 Å². The van der Waals surface area contributed by atoms with Crippen LogP contribution in [-0.4, -0.2) is 33.8 Å². The van der Waals surface area contributed by atoms with Gasteiger partial charge in [0.15, 0.2) is 0 Å². The van der Waals surface area contributed by atoms with E-state index in [-0.39, 0.29) is 30.8 Å². The molecule has 0 bridgehead atoms. The number of nitrogen functional groups attached to an aromatic ring is 1. The molecule has 1 aromatic heterocycles. The fourth-order valence-electron chi connectivity index (χ4n) is 4.42. The van der Waals surface area contributed by atoms with Gasteiger partial charge in [-0.15, -0.1) is 12.4 Å². The third-order valence-corrected chi connectivity index (χ3v) is 6.68. The number of aryl methyl sites for hydroxylation is 1. The summed E-state index contributed by atoms with van der Waals surface area (Å²) in [6, 6.07) is 22.9. The number of ether oxygens (including phenoxy) is 1. The monoisotopic (exact) mass is 558 g/mol. The number of anilines is 1. The SMILES string of the molecule is CCOC(=O)C(ON=C=C1CC1c1ccc2c(c1)nc(CNc1ccc(C(=N)N)cc1)n2C)c1ccccc1.Cl. The first-order chi connectivity index (χ1) is 18.9. The third-order valence-electron chi connectivity index (χ3n) is 6.68. The van der Waals surface area contributed by atoms with Crippen LogP contribution in [-0.2, 0) is 28.0 Å². The van der Waals surface area contributed by atoms with Gasteiger partial charge in [0.05, 0.1) is 24.2 Å². The lowest BCUT2D eigenvalue weighted by atomic mass is 10.1. The minimum Gasteiger partial charge on any atom is -0.463 e. The maximum atomic E-state index is 12.4. The van der Waals surface area contributed by atoms with E-state index in [1.807, 2.05) is 49.5 Å². The Morgan fingerprint density at radius 3 is 2.65 bits per heavy atom. The van der Waals surface area contributed by atoms with Crippen molar-refractivity contribution in [3.63, 3.8) is 0 Å². The molecule has 0 amide bonds. The predicted molar refractivity (Wildman–Crippen MR) is 158 cm³/mol. The maximum absolute atomic E-state index is 12.4. The Morgan fingerprint density at radius 2 is 1.95 bits per heavy atom. The Balaban J connectivity index is 0.00000370. The molecule has 1 aliphatic rings. The molecule has 2 atom stereocenters. The fraction of sp³-hybridized carbons (Fsp3) is 0.233. The lowest BCUT2D eigenvalue weighted by Crippen LogP contribution is -2.17. The molecule has 4 aromatic rings. The summed E-state index contributed by atoms with van der Waals surface area (Å²) in [5, 5.41) is 14.9. The van der Waals surface area contributed by atoms with Crippen molar-refractivity contribution in [2.45, 2.75) is 31.9 Å². The van der Waals surface area contributed by atoms with Gasteiger partial charge in [-0.1, -0.05) is 36.4 Å². The molecule has 1 heterocycles. The first-order valence-electron chi connectivity index (χ1n) is 12.8. The van der Waals surface area contributed by atoms with E-state index in [0.29, 0.717) is 17.7 Å². The van der Waals surface area contributed by atoms with Crippen molar-refractivity contribution in [1.29, 1.82) is 5.41 Å². The van der Waals surface area contributed by atoms with Crippen molar-refractivity contribution in [3.05, 3.63) is 101 Å².